The maximum Gasteiger partial charge on any atom is 0.322 e. The molecule has 0 unspecified atom stereocenters. The standard InChI is InChI=1S/C17H19ClN4O/c1-2-3-7-15-14-11-22(9-8-16(14)21-20-15)17(23)19-13-6-4-5-12(18)10-13/h3-7,10H,2,8-9,11H2,1H3,(H,19,23)(H,20,21). The highest BCUT2D eigenvalue weighted by Gasteiger charge is 2.24. The zero-order valence-electron chi connectivity index (χ0n) is 13.0. The van der Waals surface area contributed by atoms with Crippen molar-refractivity contribution in [1.29, 1.82) is 0 Å². The lowest BCUT2D eigenvalue weighted by Crippen LogP contribution is -2.38. The van der Waals surface area contributed by atoms with Crippen molar-refractivity contribution in [2.75, 3.05) is 11.9 Å². The monoisotopic (exact) mass is 330 g/mol. The highest BCUT2D eigenvalue weighted by atomic mass is 35.5. The zero-order chi connectivity index (χ0) is 16.2. The van der Waals surface area contributed by atoms with Gasteiger partial charge in [0.25, 0.3) is 0 Å². The lowest BCUT2D eigenvalue weighted by molar-refractivity contribution is 0.206. The van der Waals surface area contributed by atoms with Crippen LogP contribution in [0.4, 0.5) is 10.5 Å². The summed E-state index contributed by atoms with van der Waals surface area (Å²) >= 11 is 5.95. The van der Waals surface area contributed by atoms with Crippen molar-refractivity contribution in [3.8, 4) is 0 Å². The molecule has 0 fully saturated rings. The molecule has 0 aliphatic carbocycles. The highest BCUT2D eigenvalue weighted by molar-refractivity contribution is 6.30. The molecule has 3 rings (SSSR count). The molecule has 1 aliphatic heterocycles. The number of allylic oxidation sites excluding steroid dienone is 1. The van der Waals surface area contributed by atoms with E-state index in [2.05, 4.69) is 28.5 Å². The van der Waals surface area contributed by atoms with E-state index in [0.717, 1.165) is 29.8 Å². The van der Waals surface area contributed by atoms with Crippen molar-refractivity contribution < 1.29 is 4.79 Å². The minimum Gasteiger partial charge on any atom is -0.320 e. The van der Waals surface area contributed by atoms with E-state index < -0.39 is 0 Å². The van der Waals surface area contributed by atoms with Crippen LogP contribution >= 0.6 is 11.6 Å². The number of nitrogens with one attached hydrogen (secondary N) is 2. The smallest absolute Gasteiger partial charge is 0.320 e. The average molecular weight is 331 g/mol. The molecule has 23 heavy (non-hydrogen) atoms. The van der Waals surface area contributed by atoms with Crippen molar-refractivity contribution in [3.05, 3.63) is 52.3 Å². The molecule has 5 nitrogen and oxygen atoms in total. The first-order valence-corrected chi connectivity index (χ1v) is 8.09. The third-order valence-corrected chi connectivity index (χ3v) is 4.08. The third-order valence-electron chi connectivity index (χ3n) is 3.84. The summed E-state index contributed by atoms with van der Waals surface area (Å²) in [5.41, 5.74) is 3.84. The Kier molecular flexibility index (Phi) is 4.67. The number of nitrogens with zero attached hydrogens (tertiary/aromatic N) is 2. The first kappa shape index (κ1) is 15.6. The van der Waals surface area contributed by atoms with Gasteiger partial charge in [-0.15, -0.1) is 0 Å². The van der Waals surface area contributed by atoms with Gasteiger partial charge in [0.05, 0.1) is 12.2 Å². The number of H-pyrrole nitrogens is 1. The SMILES string of the molecule is CCC=Cc1n[nH]c2c1CN(C(=O)Nc1cccc(Cl)c1)CC2. The maximum absolute atomic E-state index is 12.5. The Bertz CT molecular complexity index is 738. The van der Waals surface area contributed by atoms with Gasteiger partial charge in [0, 0.05) is 34.9 Å². The van der Waals surface area contributed by atoms with E-state index in [4.69, 9.17) is 11.6 Å². The van der Waals surface area contributed by atoms with Gasteiger partial charge in [-0.2, -0.15) is 5.10 Å². The van der Waals surface area contributed by atoms with E-state index in [1.807, 2.05) is 18.2 Å². The molecule has 2 aromatic rings. The second kappa shape index (κ2) is 6.87. The Morgan fingerprint density at radius 2 is 2.39 bits per heavy atom. The van der Waals surface area contributed by atoms with Crippen LogP contribution in [-0.2, 0) is 13.0 Å². The fourth-order valence-corrected chi connectivity index (χ4v) is 2.82. The minimum atomic E-state index is -0.121. The van der Waals surface area contributed by atoms with Gasteiger partial charge in [0.2, 0.25) is 0 Å². The summed E-state index contributed by atoms with van der Waals surface area (Å²) in [5, 5.41) is 10.9. The lowest BCUT2D eigenvalue weighted by Gasteiger charge is -2.27. The fourth-order valence-electron chi connectivity index (χ4n) is 2.63. The summed E-state index contributed by atoms with van der Waals surface area (Å²) in [5.74, 6) is 0. The number of halogens is 1. The topological polar surface area (TPSA) is 61.0 Å². The summed E-state index contributed by atoms with van der Waals surface area (Å²) in [4.78, 5) is 14.3. The number of rotatable bonds is 3. The predicted octanol–water partition coefficient (Wildman–Crippen LogP) is 4.08. The molecule has 6 heteroatoms. The van der Waals surface area contributed by atoms with E-state index in [0.29, 0.717) is 23.8 Å². The Morgan fingerprint density at radius 1 is 1.52 bits per heavy atom. The van der Waals surface area contributed by atoms with Crippen molar-refractivity contribution in [3.63, 3.8) is 0 Å². The maximum atomic E-state index is 12.5. The molecule has 120 valence electrons. The first-order chi connectivity index (χ1) is 11.2. The molecular formula is C17H19ClN4O. The van der Waals surface area contributed by atoms with Crippen LogP contribution < -0.4 is 5.32 Å². The summed E-state index contributed by atoms with van der Waals surface area (Å²) in [6.07, 6.45) is 5.82. The summed E-state index contributed by atoms with van der Waals surface area (Å²) in [7, 11) is 0. The number of benzene rings is 1. The van der Waals surface area contributed by atoms with Gasteiger partial charge in [-0.05, 0) is 30.7 Å². The number of amides is 2. The van der Waals surface area contributed by atoms with Crippen LogP contribution in [0, 0.1) is 0 Å². The molecule has 1 aliphatic rings. The zero-order valence-corrected chi connectivity index (χ0v) is 13.7. The van der Waals surface area contributed by atoms with Crippen LogP contribution in [0.3, 0.4) is 0 Å². The Hall–Kier alpha value is -2.27. The molecule has 0 radical (unpaired) electrons. The Labute approximate surface area is 140 Å². The van der Waals surface area contributed by atoms with Crippen molar-refractivity contribution in [1.82, 2.24) is 15.1 Å². The number of fused-ring (bicyclic) bond motifs is 1. The Balaban J connectivity index is 1.72. The van der Waals surface area contributed by atoms with Gasteiger partial charge >= 0.3 is 6.03 Å². The summed E-state index contributed by atoms with van der Waals surface area (Å²) in [6, 6.07) is 7.04. The fraction of sp³-hybridized carbons (Fsp3) is 0.294. The van der Waals surface area contributed by atoms with Crippen LogP contribution in [0.15, 0.2) is 30.3 Å². The van der Waals surface area contributed by atoms with E-state index in [1.54, 1.807) is 17.0 Å². The minimum absolute atomic E-state index is 0.121. The number of urea groups is 1. The molecule has 0 saturated carbocycles. The molecule has 1 aromatic carbocycles. The van der Waals surface area contributed by atoms with Crippen molar-refractivity contribution in [2.45, 2.75) is 26.3 Å². The number of anilines is 1. The van der Waals surface area contributed by atoms with Crippen LogP contribution in [0.1, 0.15) is 30.3 Å². The summed E-state index contributed by atoms with van der Waals surface area (Å²) in [6.45, 7) is 3.31. The largest absolute Gasteiger partial charge is 0.322 e. The first-order valence-electron chi connectivity index (χ1n) is 7.71. The van der Waals surface area contributed by atoms with E-state index in [1.165, 1.54) is 0 Å². The van der Waals surface area contributed by atoms with Gasteiger partial charge in [0.15, 0.2) is 0 Å². The second-order valence-corrected chi connectivity index (χ2v) is 5.93. The number of carbonyl (C=O) groups excluding carboxylic acids is 1. The van der Waals surface area contributed by atoms with Crippen LogP contribution in [-0.4, -0.2) is 27.7 Å². The van der Waals surface area contributed by atoms with Gasteiger partial charge in [-0.3, -0.25) is 5.10 Å². The highest BCUT2D eigenvalue weighted by Crippen LogP contribution is 2.22. The van der Waals surface area contributed by atoms with Gasteiger partial charge in [0.1, 0.15) is 0 Å². The van der Waals surface area contributed by atoms with Gasteiger partial charge in [-0.25, -0.2) is 4.79 Å². The molecule has 0 saturated heterocycles. The average Bonchev–Trinajstić information content (AvgIpc) is 2.95. The number of aromatic amines is 1. The van der Waals surface area contributed by atoms with E-state index in [9.17, 15) is 4.79 Å². The number of aromatic nitrogens is 2. The number of hydrogen-bond acceptors (Lipinski definition) is 2. The normalized spacial score (nSPS) is 14.1. The van der Waals surface area contributed by atoms with Crippen molar-refractivity contribution in [2.24, 2.45) is 0 Å². The molecule has 1 aromatic heterocycles. The van der Waals surface area contributed by atoms with Crippen LogP contribution in [0.25, 0.3) is 6.08 Å². The van der Waals surface area contributed by atoms with Crippen LogP contribution in [0.5, 0.6) is 0 Å². The molecule has 2 heterocycles. The molecule has 0 atom stereocenters. The van der Waals surface area contributed by atoms with Gasteiger partial charge < -0.3 is 10.2 Å². The molecular weight excluding hydrogens is 312 g/mol. The van der Waals surface area contributed by atoms with E-state index in [-0.39, 0.29) is 6.03 Å². The van der Waals surface area contributed by atoms with Crippen molar-refractivity contribution >= 4 is 29.4 Å². The second-order valence-electron chi connectivity index (χ2n) is 5.49. The number of hydrogen-bond donors (Lipinski definition) is 2. The summed E-state index contributed by atoms with van der Waals surface area (Å²) < 4.78 is 0. The third kappa shape index (κ3) is 3.56. The quantitative estimate of drug-likeness (QED) is 0.890. The number of carbonyl (C=O) groups is 1. The van der Waals surface area contributed by atoms with Gasteiger partial charge in [-0.1, -0.05) is 30.7 Å². The Morgan fingerprint density at radius 3 is 3.17 bits per heavy atom. The van der Waals surface area contributed by atoms with E-state index >= 15 is 0 Å². The lowest BCUT2D eigenvalue weighted by atomic mass is 10.1. The van der Waals surface area contributed by atoms with Crippen LogP contribution in [0.2, 0.25) is 5.02 Å². The molecule has 2 amide bonds. The predicted molar refractivity (Wildman–Crippen MR) is 92.5 cm³/mol. The molecule has 2 N–H and O–H groups in total. The molecule has 0 bridgehead atoms. The molecule has 0 spiro atoms.